The van der Waals surface area contributed by atoms with Gasteiger partial charge in [0.15, 0.2) is 6.10 Å². The molecule has 8 heteroatoms. The summed E-state index contributed by atoms with van der Waals surface area (Å²) < 4.78 is 10.3. The number of hydrogen-bond donors (Lipinski definition) is 1. The standard InChI is InChI=1S/C19H20N2O6/c1-11-5-7-15(12(2)9-11)19(23)27-13(3)18(22)20-16-10-14(21(24)25)6-8-17(16)26-4/h5-10,13H,1-4H3,(H,20,22). The summed E-state index contributed by atoms with van der Waals surface area (Å²) in [4.78, 5) is 35.0. The lowest BCUT2D eigenvalue weighted by Crippen LogP contribution is -2.30. The van der Waals surface area contributed by atoms with Crippen LogP contribution in [-0.2, 0) is 9.53 Å². The number of benzene rings is 2. The number of aryl methyl sites for hydroxylation is 2. The first-order chi connectivity index (χ1) is 12.7. The number of nitro benzene ring substituents is 1. The average Bonchev–Trinajstić information content (AvgIpc) is 2.61. The van der Waals surface area contributed by atoms with Gasteiger partial charge in [-0.25, -0.2) is 4.79 Å². The number of esters is 1. The Morgan fingerprint density at radius 1 is 1.15 bits per heavy atom. The Morgan fingerprint density at radius 2 is 1.85 bits per heavy atom. The molecule has 8 nitrogen and oxygen atoms in total. The number of carbonyl (C=O) groups is 2. The zero-order valence-corrected chi connectivity index (χ0v) is 15.4. The van der Waals surface area contributed by atoms with Crippen molar-refractivity contribution in [2.45, 2.75) is 26.9 Å². The predicted octanol–water partition coefficient (Wildman–Crippen LogP) is 3.40. The van der Waals surface area contributed by atoms with Gasteiger partial charge in [0.2, 0.25) is 0 Å². The lowest BCUT2D eigenvalue weighted by molar-refractivity contribution is -0.384. The molecule has 0 fully saturated rings. The highest BCUT2D eigenvalue weighted by atomic mass is 16.6. The van der Waals surface area contributed by atoms with Crippen LogP contribution in [0.15, 0.2) is 36.4 Å². The lowest BCUT2D eigenvalue weighted by Gasteiger charge is -2.16. The molecule has 0 bridgehead atoms. The van der Waals surface area contributed by atoms with Gasteiger partial charge in [-0.1, -0.05) is 17.7 Å². The van der Waals surface area contributed by atoms with Crippen molar-refractivity contribution in [2.24, 2.45) is 0 Å². The first-order valence-electron chi connectivity index (χ1n) is 8.14. The van der Waals surface area contributed by atoms with Crippen LogP contribution in [-0.4, -0.2) is 30.0 Å². The first-order valence-corrected chi connectivity index (χ1v) is 8.14. The summed E-state index contributed by atoms with van der Waals surface area (Å²) >= 11 is 0. The Labute approximate surface area is 156 Å². The molecule has 1 amide bonds. The third-order valence-corrected chi connectivity index (χ3v) is 3.91. The molecule has 0 aliphatic rings. The van der Waals surface area contributed by atoms with Crippen LogP contribution < -0.4 is 10.1 Å². The number of anilines is 1. The van der Waals surface area contributed by atoms with Crippen LogP contribution in [0.1, 0.15) is 28.4 Å². The topological polar surface area (TPSA) is 108 Å². The SMILES string of the molecule is COc1ccc([N+](=O)[O-])cc1NC(=O)C(C)OC(=O)c1ccc(C)cc1C. The van der Waals surface area contributed by atoms with E-state index in [1.54, 1.807) is 19.1 Å². The van der Waals surface area contributed by atoms with Gasteiger partial charge in [-0.05, 0) is 38.5 Å². The maximum absolute atomic E-state index is 12.4. The smallest absolute Gasteiger partial charge is 0.339 e. The molecule has 0 saturated carbocycles. The molecule has 27 heavy (non-hydrogen) atoms. The Bertz CT molecular complexity index is 894. The maximum atomic E-state index is 12.4. The quantitative estimate of drug-likeness (QED) is 0.473. The number of nitrogens with zero attached hydrogens (tertiary/aromatic N) is 1. The molecule has 0 aromatic heterocycles. The van der Waals surface area contributed by atoms with Gasteiger partial charge in [0.05, 0.1) is 23.3 Å². The summed E-state index contributed by atoms with van der Waals surface area (Å²) in [7, 11) is 1.38. The molecule has 0 aliphatic heterocycles. The molecular formula is C19H20N2O6. The Morgan fingerprint density at radius 3 is 2.44 bits per heavy atom. The van der Waals surface area contributed by atoms with Crippen LogP contribution in [0, 0.1) is 24.0 Å². The van der Waals surface area contributed by atoms with Gasteiger partial charge in [-0.15, -0.1) is 0 Å². The summed E-state index contributed by atoms with van der Waals surface area (Å²) in [6.07, 6.45) is -1.11. The fraction of sp³-hybridized carbons (Fsp3) is 0.263. The Kier molecular flexibility index (Phi) is 6.12. The molecule has 142 valence electrons. The van der Waals surface area contributed by atoms with Crippen LogP contribution in [0.25, 0.3) is 0 Å². The van der Waals surface area contributed by atoms with Gasteiger partial charge >= 0.3 is 5.97 Å². The summed E-state index contributed by atoms with van der Waals surface area (Å²) in [5.74, 6) is -1.00. The number of nitrogens with one attached hydrogen (secondary N) is 1. The highest BCUT2D eigenvalue weighted by Gasteiger charge is 2.22. The summed E-state index contributed by atoms with van der Waals surface area (Å²) in [5.41, 5.74) is 2.03. The van der Waals surface area contributed by atoms with Crippen molar-refractivity contribution in [1.82, 2.24) is 0 Å². The minimum atomic E-state index is -1.11. The number of amides is 1. The van der Waals surface area contributed by atoms with Crippen molar-refractivity contribution in [1.29, 1.82) is 0 Å². The normalized spacial score (nSPS) is 11.4. The molecule has 0 heterocycles. The van der Waals surface area contributed by atoms with Crippen LogP contribution in [0.2, 0.25) is 0 Å². The molecule has 0 aliphatic carbocycles. The number of hydrogen-bond acceptors (Lipinski definition) is 6. The molecule has 0 radical (unpaired) electrons. The molecular weight excluding hydrogens is 352 g/mol. The van der Waals surface area contributed by atoms with Gasteiger partial charge in [0, 0.05) is 12.1 Å². The van der Waals surface area contributed by atoms with E-state index in [4.69, 9.17) is 9.47 Å². The molecule has 0 saturated heterocycles. The van der Waals surface area contributed by atoms with E-state index in [1.165, 1.54) is 32.2 Å². The second-order valence-corrected chi connectivity index (χ2v) is 6.00. The second kappa shape index (κ2) is 8.31. The molecule has 2 aromatic carbocycles. The maximum Gasteiger partial charge on any atom is 0.339 e. The van der Waals surface area contributed by atoms with Crippen molar-refractivity contribution in [3.63, 3.8) is 0 Å². The summed E-state index contributed by atoms with van der Waals surface area (Å²) in [5, 5.41) is 13.4. The van der Waals surface area contributed by atoms with E-state index >= 15 is 0 Å². The van der Waals surface area contributed by atoms with Gasteiger partial charge in [0.25, 0.3) is 11.6 Å². The molecule has 2 aromatic rings. The van der Waals surface area contributed by atoms with Crippen molar-refractivity contribution in [2.75, 3.05) is 12.4 Å². The van der Waals surface area contributed by atoms with E-state index in [0.29, 0.717) is 5.56 Å². The van der Waals surface area contributed by atoms with Crippen molar-refractivity contribution >= 4 is 23.3 Å². The number of ether oxygens (including phenoxy) is 2. The van der Waals surface area contributed by atoms with E-state index in [-0.39, 0.29) is 17.1 Å². The van der Waals surface area contributed by atoms with Crippen molar-refractivity contribution in [3.05, 3.63) is 63.2 Å². The summed E-state index contributed by atoms with van der Waals surface area (Å²) in [6, 6.07) is 9.08. The van der Waals surface area contributed by atoms with E-state index in [0.717, 1.165) is 11.1 Å². The minimum absolute atomic E-state index is 0.117. The van der Waals surface area contributed by atoms with Crippen LogP contribution in [0.5, 0.6) is 5.75 Å². The lowest BCUT2D eigenvalue weighted by atomic mass is 10.1. The highest BCUT2D eigenvalue weighted by molar-refractivity contribution is 5.98. The Hall–Kier alpha value is -3.42. The monoisotopic (exact) mass is 372 g/mol. The van der Waals surface area contributed by atoms with Crippen LogP contribution in [0.4, 0.5) is 11.4 Å². The third-order valence-electron chi connectivity index (χ3n) is 3.91. The summed E-state index contributed by atoms with van der Waals surface area (Å²) in [6.45, 7) is 5.10. The Balaban J connectivity index is 2.12. The average molecular weight is 372 g/mol. The number of carbonyl (C=O) groups excluding carboxylic acids is 2. The predicted molar refractivity (Wildman–Crippen MR) is 99.1 cm³/mol. The number of non-ortho nitro benzene ring substituents is 1. The minimum Gasteiger partial charge on any atom is -0.495 e. The highest BCUT2D eigenvalue weighted by Crippen LogP contribution is 2.29. The van der Waals surface area contributed by atoms with Gasteiger partial charge in [-0.2, -0.15) is 0 Å². The molecule has 1 N–H and O–H groups in total. The largest absolute Gasteiger partial charge is 0.495 e. The molecule has 2 rings (SSSR count). The first kappa shape index (κ1) is 19.9. The fourth-order valence-corrected chi connectivity index (χ4v) is 2.46. The van der Waals surface area contributed by atoms with Crippen LogP contribution >= 0.6 is 0 Å². The fourth-order valence-electron chi connectivity index (χ4n) is 2.46. The van der Waals surface area contributed by atoms with E-state index in [1.807, 2.05) is 13.0 Å². The second-order valence-electron chi connectivity index (χ2n) is 6.00. The zero-order valence-electron chi connectivity index (χ0n) is 15.4. The van der Waals surface area contributed by atoms with Crippen molar-refractivity contribution < 1.29 is 24.0 Å². The zero-order chi connectivity index (χ0) is 20.1. The van der Waals surface area contributed by atoms with E-state index in [9.17, 15) is 19.7 Å². The van der Waals surface area contributed by atoms with E-state index in [2.05, 4.69) is 5.32 Å². The third kappa shape index (κ3) is 4.81. The molecule has 1 atom stereocenters. The van der Waals surface area contributed by atoms with Crippen LogP contribution in [0.3, 0.4) is 0 Å². The number of rotatable bonds is 6. The number of nitro groups is 1. The number of methoxy groups -OCH3 is 1. The van der Waals surface area contributed by atoms with Crippen molar-refractivity contribution in [3.8, 4) is 5.75 Å². The van der Waals surface area contributed by atoms with Gasteiger partial charge in [0.1, 0.15) is 5.75 Å². The van der Waals surface area contributed by atoms with E-state index < -0.39 is 22.9 Å². The van der Waals surface area contributed by atoms with Gasteiger partial charge in [-0.3, -0.25) is 14.9 Å². The van der Waals surface area contributed by atoms with Gasteiger partial charge < -0.3 is 14.8 Å². The molecule has 1 unspecified atom stereocenters. The molecule has 0 spiro atoms.